The van der Waals surface area contributed by atoms with Gasteiger partial charge in [-0.05, 0) is 82.7 Å². The molecule has 3 saturated carbocycles. The molecule has 11 atom stereocenters. The fraction of sp³-hybridized carbons (Fsp3) is 0.574. The zero-order valence-electron chi connectivity index (χ0n) is 36.3. The third-order valence-corrected chi connectivity index (χ3v) is 13.7. The van der Waals surface area contributed by atoms with E-state index in [0.29, 0.717) is 12.0 Å². The maximum Gasteiger partial charge on any atom is 0.338 e. The molecule has 2 bridgehead atoms. The number of ketones is 1. The van der Waals surface area contributed by atoms with Crippen LogP contribution in [0.25, 0.3) is 0 Å². The third-order valence-electron chi connectivity index (χ3n) is 13.7. The molecule has 14 heteroatoms. The van der Waals surface area contributed by atoms with Crippen LogP contribution in [0.5, 0.6) is 0 Å². The smallest absolute Gasteiger partial charge is 0.338 e. The van der Waals surface area contributed by atoms with E-state index in [1.54, 1.807) is 90.1 Å². The predicted octanol–water partition coefficient (Wildman–Crippen LogP) is 5.09. The number of fused-ring (bicyclic) bond motifs is 5. The van der Waals surface area contributed by atoms with Crippen LogP contribution >= 0.6 is 0 Å². The van der Waals surface area contributed by atoms with E-state index in [9.17, 15) is 39.3 Å². The zero-order valence-corrected chi connectivity index (χ0v) is 36.3. The molecule has 2 aromatic carbocycles. The molecule has 2 unspecified atom stereocenters. The summed E-state index contributed by atoms with van der Waals surface area (Å²) in [5.74, 6) is -8.18. The molecule has 3 fully saturated rings. The quantitative estimate of drug-likeness (QED) is 0.162. The topological polar surface area (TPSA) is 209 Å². The third kappa shape index (κ3) is 8.02. The van der Waals surface area contributed by atoms with Crippen molar-refractivity contribution in [1.29, 1.82) is 0 Å². The molecule has 61 heavy (non-hydrogen) atoms. The monoisotopic (exact) mass is 846 g/mol. The minimum Gasteiger partial charge on any atom is -0.460 e. The van der Waals surface area contributed by atoms with Crippen LogP contribution in [0.15, 0.2) is 71.8 Å². The van der Waals surface area contributed by atoms with E-state index >= 15 is 4.79 Å². The van der Waals surface area contributed by atoms with E-state index in [0.717, 1.165) is 6.92 Å². The first-order valence-electron chi connectivity index (χ1n) is 20.8. The predicted molar refractivity (Wildman–Crippen MR) is 217 cm³/mol. The number of benzene rings is 2. The summed E-state index contributed by atoms with van der Waals surface area (Å²) in [4.78, 5) is 83.2. The Kier molecular flexibility index (Phi) is 12.3. The number of carbonyl (C=O) groups is 6. The van der Waals surface area contributed by atoms with Crippen LogP contribution in [0.2, 0.25) is 0 Å². The first-order valence-corrected chi connectivity index (χ1v) is 20.8. The van der Waals surface area contributed by atoms with Gasteiger partial charge in [-0.2, -0.15) is 0 Å². The average molecular weight is 847 g/mol. The van der Waals surface area contributed by atoms with Crippen molar-refractivity contribution in [1.82, 2.24) is 0 Å². The van der Waals surface area contributed by atoms with Crippen LogP contribution < -0.4 is 0 Å². The molecule has 0 radical (unpaired) electrons. The molecule has 0 amide bonds. The van der Waals surface area contributed by atoms with Gasteiger partial charge in [0.15, 0.2) is 18.0 Å². The minimum absolute atomic E-state index is 0.0159. The Morgan fingerprint density at radius 3 is 2.03 bits per heavy atom. The van der Waals surface area contributed by atoms with Crippen molar-refractivity contribution in [3.63, 3.8) is 0 Å². The highest BCUT2D eigenvalue weighted by atomic mass is 16.6. The van der Waals surface area contributed by atoms with Crippen LogP contribution in [-0.2, 0) is 47.7 Å². The maximum atomic E-state index is 15.5. The largest absolute Gasteiger partial charge is 0.460 e. The Morgan fingerprint density at radius 2 is 1.49 bits per heavy atom. The van der Waals surface area contributed by atoms with Gasteiger partial charge in [-0.15, -0.1) is 0 Å². The highest BCUT2D eigenvalue weighted by molar-refractivity contribution is 5.95. The second kappa shape index (κ2) is 16.4. The fourth-order valence-electron chi connectivity index (χ4n) is 10.6. The fourth-order valence-corrected chi connectivity index (χ4v) is 10.6. The number of hydrogen-bond acceptors (Lipinski definition) is 14. The number of hydrogen-bond donors (Lipinski definition) is 3. The van der Waals surface area contributed by atoms with Gasteiger partial charge in [0.25, 0.3) is 0 Å². The van der Waals surface area contributed by atoms with Crippen molar-refractivity contribution in [2.75, 3.05) is 0 Å². The number of aliphatic hydroxyl groups excluding tert-OH is 2. The average Bonchev–Trinajstić information content (AvgIpc) is 3.17. The standard InChI is InChI=1S/C47H58O14/c1-25-32(58-42(55)36(52)31(28-16-12-10-13-17-28)23-34(51)61-43(4,5)6)24-47(56)40(59-41(54)29-18-14-11-15-19-29)38-45(9,33(50)22-30-20-21-46(30,38)60-27(3)49)39(53)37(57-26(2)48)35(25)44(47,7)8/h10-19,30-33,36-38,40,50,52,56H,20-24H2,1-9H3/t30-,31+,32+,33+,36-,37-,38?,40?,45-,46+,47-/m1/s1. The second-order valence-electron chi connectivity index (χ2n) is 18.9. The summed E-state index contributed by atoms with van der Waals surface area (Å²) >= 11 is 0. The van der Waals surface area contributed by atoms with E-state index in [4.69, 9.17) is 23.7 Å². The van der Waals surface area contributed by atoms with Crippen molar-refractivity contribution in [2.45, 2.75) is 148 Å². The van der Waals surface area contributed by atoms with Crippen molar-refractivity contribution in [2.24, 2.45) is 22.7 Å². The SMILES string of the molecule is CC(=O)O[C@H]1C(=O)[C@@]2(C)C(C(OC(=O)c3ccccc3)[C@]3(O)C[C@H](OC(=O)[C@H](O)[C@@H](CC(=O)OC(C)(C)C)c4ccccc4)C(C)=C1C3(C)C)[C@]1(OC(C)=O)CC[C@@H]1C[C@@H]2O. The Hall–Kier alpha value is -4.92. The van der Waals surface area contributed by atoms with Crippen LogP contribution in [0.3, 0.4) is 0 Å². The maximum absolute atomic E-state index is 15.5. The van der Waals surface area contributed by atoms with Gasteiger partial charge >= 0.3 is 29.8 Å². The minimum atomic E-state index is -2.33. The number of rotatable bonds is 10. The molecule has 0 aromatic heterocycles. The Morgan fingerprint density at radius 1 is 0.885 bits per heavy atom. The number of esters is 5. The van der Waals surface area contributed by atoms with Gasteiger partial charge in [0.1, 0.15) is 29.0 Å². The Balaban J connectivity index is 1.54. The molecule has 14 nitrogen and oxygen atoms in total. The summed E-state index contributed by atoms with van der Waals surface area (Å²) in [6, 6.07) is 16.3. The molecule has 0 spiro atoms. The molecular formula is C47H58O14. The Bertz CT molecular complexity index is 2090. The normalized spacial score (nSPS) is 32.6. The summed E-state index contributed by atoms with van der Waals surface area (Å²) in [6.07, 6.45) is -8.55. The second-order valence-corrected chi connectivity index (χ2v) is 18.9. The summed E-state index contributed by atoms with van der Waals surface area (Å²) in [5.41, 5.74) is -7.53. The lowest BCUT2D eigenvalue weighted by atomic mass is 9.41. The van der Waals surface area contributed by atoms with Gasteiger partial charge in [0.05, 0.1) is 29.4 Å². The van der Waals surface area contributed by atoms with Gasteiger partial charge in [-0.25, -0.2) is 9.59 Å². The van der Waals surface area contributed by atoms with E-state index in [1.807, 2.05) is 0 Å². The zero-order chi connectivity index (χ0) is 45.0. The number of aliphatic hydroxyl groups is 3. The summed E-state index contributed by atoms with van der Waals surface area (Å²) in [7, 11) is 0. The van der Waals surface area contributed by atoms with Crippen molar-refractivity contribution in [3.8, 4) is 0 Å². The molecular weight excluding hydrogens is 789 g/mol. The molecule has 4 aliphatic carbocycles. The Labute approximate surface area is 355 Å². The van der Waals surface area contributed by atoms with Gasteiger partial charge in [-0.1, -0.05) is 62.4 Å². The number of Topliss-reactive ketones (excluding diaryl/α,β-unsaturated/α-hetero) is 1. The lowest BCUT2D eigenvalue weighted by molar-refractivity contribution is -0.296. The van der Waals surface area contributed by atoms with Gasteiger partial charge < -0.3 is 39.0 Å². The van der Waals surface area contributed by atoms with E-state index in [2.05, 4.69) is 0 Å². The summed E-state index contributed by atoms with van der Waals surface area (Å²) in [6.45, 7) is 13.6. The highest BCUT2D eigenvalue weighted by Crippen LogP contribution is 2.67. The molecule has 3 N–H and O–H groups in total. The van der Waals surface area contributed by atoms with Crippen LogP contribution in [0, 0.1) is 22.7 Å². The number of ether oxygens (including phenoxy) is 5. The van der Waals surface area contributed by atoms with Crippen LogP contribution in [0.1, 0.15) is 116 Å². The van der Waals surface area contributed by atoms with Crippen molar-refractivity contribution < 1.29 is 67.8 Å². The molecule has 4 aliphatic rings. The van der Waals surface area contributed by atoms with Crippen molar-refractivity contribution >= 4 is 35.6 Å². The molecule has 0 heterocycles. The molecule has 2 aromatic rings. The molecule has 0 saturated heterocycles. The lowest BCUT2D eigenvalue weighted by Crippen LogP contribution is -2.78. The molecule has 0 aliphatic heterocycles. The van der Waals surface area contributed by atoms with Crippen molar-refractivity contribution in [3.05, 3.63) is 82.9 Å². The van der Waals surface area contributed by atoms with Gasteiger partial charge in [0, 0.05) is 37.5 Å². The first kappa shape index (κ1) is 45.6. The first-order chi connectivity index (χ1) is 28.4. The highest BCUT2D eigenvalue weighted by Gasteiger charge is 2.77. The van der Waals surface area contributed by atoms with E-state index in [1.165, 1.54) is 26.0 Å². The van der Waals surface area contributed by atoms with Crippen LogP contribution in [-0.4, -0.2) is 98.3 Å². The summed E-state index contributed by atoms with van der Waals surface area (Å²) in [5, 5.41) is 37.6. The van der Waals surface area contributed by atoms with Crippen LogP contribution in [0.4, 0.5) is 0 Å². The van der Waals surface area contributed by atoms with Gasteiger partial charge in [-0.3, -0.25) is 19.2 Å². The molecule has 6 rings (SSSR count). The lowest BCUT2D eigenvalue weighted by Gasteiger charge is -2.68. The van der Waals surface area contributed by atoms with E-state index < -0.39 is 124 Å². The number of carbonyl (C=O) groups excluding carboxylic acids is 6. The van der Waals surface area contributed by atoms with E-state index in [-0.39, 0.29) is 29.6 Å². The van der Waals surface area contributed by atoms with Gasteiger partial charge in [0.2, 0.25) is 0 Å². The summed E-state index contributed by atoms with van der Waals surface area (Å²) < 4.78 is 30.2. The molecule has 330 valence electrons.